The number of carbonyl (C=O) groups is 2. The first-order valence-electron chi connectivity index (χ1n) is 11.5. The van der Waals surface area contributed by atoms with Gasteiger partial charge in [-0.25, -0.2) is 4.79 Å². The maximum atomic E-state index is 12.1. The number of alkyl carbamates (subject to hydrolysis) is 1. The van der Waals surface area contributed by atoms with Crippen LogP contribution < -0.4 is 5.32 Å². The molecule has 0 fully saturated rings. The molecule has 0 atom stereocenters. The Morgan fingerprint density at radius 1 is 0.844 bits per heavy atom. The maximum absolute atomic E-state index is 12.1. The third kappa shape index (κ3) is 6.82. The van der Waals surface area contributed by atoms with Crippen molar-refractivity contribution in [1.82, 2.24) is 5.32 Å². The molecule has 1 aliphatic rings. The van der Waals surface area contributed by atoms with Crippen LogP contribution in [0.15, 0.2) is 48.5 Å². The molecule has 32 heavy (non-hydrogen) atoms. The molecule has 6 nitrogen and oxygen atoms in total. The number of esters is 1. The van der Waals surface area contributed by atoms with E-state index in [0.717, 1.165) is 25.7 Å². The van der Waals surface area contributed by atoms with E-state index < -0.39 is 6.09 Å². The van der Waals surface area contributed by atoms with E-state index in [-0.39, 0.29) is 25.1 Å². The third-order valence-electron chi connectivity index (χ3n) is 5.58. The highest BCUT2D eigenvalue weighted by molar-refractivity contribution is 5.79. The number of benzene rings is 2. The van der Waals surface area contributed by atoms with Crippen LogP contribution in [0, 0.1) is 0 Å². The van der Waals surface area contributed by atoms with Crippen LogP contribution in [0.25, 0.3) is 11.1 Å². The van der Waals surface area contributed by atoms with Crippen molar-refractivity contribution >= 4 is 12.1 Å². The minimum Gasteiger partial charge on any atom is -0.463 e. The second kappa shape index (κ2) is 12.9. The largest absolute Gasteiger partial charge is 0.463 e. The Bertz CT molecular complexity index is 837. The van der Waals surface area contributed by atoms with E-state index in [1.807, 2.05) is 24.3 Å². The van der Waals surface area contributed by atoms with Crippen molar-refractivity contribution in [2.24, 2.45) is 0 Å². The summed E-state index contributed by atoms with van der Waals surface area (Å²) in [5.41, 5.74) is 4.77. The maximum Gasteiger partial charge on any atom is 0.407 e. The van der Waals surface area contributed by atoms with Gasteiger partial charge in [0.05, 0.1) is 13.2 Å². The van der Waals surface area contributed by atoms with Crippen molar-refractivity contribution in [3.63, 3.8) is 0 Å². The fraction of sp³-hybridized carbons (Fsp3) is 0.462. The highest BCUT2D eigenvalue weighted by Crippen LogP contribution is 2.44. The van der Waals surface area contributed by atoms with E-state index in [2.05, 4.69) is 36.5 Å². The summed E-state index contributed by atoms with van der Waals surface area (Å²) in [6, 6.07) is 16.5. The summed E-state index contributed by atoms with van der Waals surface area (Å²) in [4.78, 5) is 23.7. The smallest absolute Gasteiger partial charge is 0.407 e. The number of hydrogen-bond acceptors (Lipinski definition) is 5. The number of hydrogen-bond donors (Lipinski definition) is 1. The van der Waals surface area contributed by atoms with Crippen LogP contribution in [0.2, 0.25) is 0 Å². The molecule has 0 bridgehead atoms. The first-order chi connectivity index (χ1) is 15.7. The van der Waals surface area contributed by atoms with Gasteiger partial charge in [-0.3, -0.25) is 4.79 Å². The van der Waals surface area contributed by atoms with Crippen molar-refractivity contribution in [3.8, 4) is 11.1 Å². The zero-order valence-corrected chi connectivity index (χ0v) is 18.8. The number of nitrogens with one attached hydrogen (secondary N) is 1. The molecule has 0 heterocycles. The van der Waals surface area contributed by atoms with Crippen molar-refractivity contribution < 1.29 is 23.8 Å². The molecule has 0 aromatic heterocycles. The Kier molecular flexibility index (Phi) is 9.57. The standard InChI is InChI=1S/C26H33NO5/c1-2-3-4-5-14-25(28)31-18-17-30-16-15-27-26(29)32-19-24-22-12-8-6-10-20(22)21-11-7-9-13-23(21)24/h6-13,24H,2-5,14-19H2,1H3,(H,27,29). The molecule has 1 N–H and O–H groups in total. The van der Waals surface area contributed by atoms with Crippen LogP contribution >= 0.6 is 0 Å². The Hall–Kier alpha value is -2.86. The van der Waals surface area contributed by atoms with Crippen molar-refractivity contribution in [2.45, 2.75) is 44.9 Å². The Labute approximate surface area is 190 Å². The number of carbonyl (C=O) groups excluding carboxylic acids is 2. The Balaban J connectivity index is 1.28. The zero-order valence-electron chi connectivity index (χ0n) is 18.8. The summed E-state index contributed by atoms with van der Waals surface area (Å²) < 4.78 is 16.0. The highest BCUT2D eigenvalue weighted by Gasteiger charge is 2.28. The van der Waals surface area contributed by atoms with E-state index in [1.165, 1.54) is 22.3 Å². The fourth-order valence-electron chi connectivity index (χ4n) is 3.96. The number of rotatable bonds is 13. The van der Waals surface area contributed by atoms with E-state index in [9.17, 15) is 9.59 Å². The first kappa shape index (κ1) is 23.8. The van der Waals surface area contributed by atoms with E-state index in [1.54, 1.807) is 0 Å². The Morgan fingerprint density at radius 3 is 2.22 bits per heavy atom. The average molecular weight is 440 g/mol. The molecule has 0 saturated carbocycles. The van der Waals surface area contributed by atoms with Crippen LogP contribution in [0.3, 0.4) is 0 Å². The van der Waals surface area contributed by atoms with Gasteiger partial charge in [-0.2, -0.15) is 0 Å². The molecule has 0 unspecified atom stereocenters. The molecule has 1 amide bonds. The van der Waals surface area contributed by atoms with Gasteiger partial charge in [-0.1, -0.05) is 74.7 Å². The highest BCUT2D eigenvalue weighted by atomic mass is 16.6. The van der Waals surface area contributed by atoms with Gasteiger partial charge < -0.3 is 19.5 Å². The van der Waals surface area contributed by atoms with Gasteiger partial charge in [-0.15, -0.1) is 0 Å². The van der Waals surface area contributed by atoms with Gasteiger partial charge in [0, 0.05) is 18.9 Å². The molecule has 6 heteroatoms. The summed E-state index contributed by atoms with van der Waals surface area (Å²) >= 11 is 0. The van der Waals surface area contributed by atoms with Gasteiger partial charge in [-0.05, 0) is 28.7 Å². The lowest BCUT2D eigenvalue weighted by Crippen LogP contribution is -2.29. The SMILES string of the molecule is CCCCCCC(=O)OCCOCCNC(=O)OCC1c2ccccc2-c2ccccc21. The molecule has 3 rings (SSSR count). The summed E-state index contributed by atoms with van der Waals surface area (Å²) in [6.45, 7) is 3.64. The van der Waals surface area contributed by atoms with Crippen LogP contribution in [-0.4, -0.2) is 45.0 Å². The molecule has 2 aromatic carbocycles. The molecular formula is C26H33NO5. The monoisotopic (exact) mass is 439 g/mol. The van der Waals surface area contributed by atoms with Gasteiger partial charge in [0.2, 0.25) is 0 Å². The molecule has 0 saturated heterocycles. The van der Waals surface area contributed by atoms with Crippen molar-refractivity contribution in [2.75, 3.05) is 33.0 Å². The lowest BCUT2D eigenvalue weighted by Gasteiger charge is -2.14. The van der Waals surface area contributed by atoms with Gasteiger partial charge in [0.1, 0.15) is 13.2 Å². The van der Waals surface area contributed by atoms with Gasteiger partial charge >= 0.3 is 12.1 Å². The predicted molar refractivity (Wildman–Crippen MR) is 124 cm³/mol. The number of fused-ring (bicyclic) bond motifs is 3. The number of unbranched alkanes of at least 4 members (excludes halogenated alkanes) is 3. The summed E-state index contributed by atoms with van der Waals surface area (Å²) in [7, 11) is 0. The minimum atomic E-state index is -0.464. The van der Waals surface area contributed by atoms with Crippen LogP contribution in [-0.2, 0) is 19.0 Å². The quantitative estimate of drug-likeness (QED) is 0.349. The number of amides is 1. The minimum absolute atomic E-state index is 0.0426. The summed E-state index contributed by atoms with van der Waals surface area (Å²) in [6.07, 6.45) is 4.22. The summed E-state index contributed by atoms with van der Waals surface area (Å²) in [5.74, 6) is -0.137. The molecule has 2 aromatic rings. The Morgan fingerprint density at radius 2 is 1.53 bits per heavy atom. The van der Waals surface area contributed by atoms with E-state index >= 15 is 0 Å². The second-order valence-electron chi connectivity index (χ2n) is 7.90. The van der Waals surface area contributed by atoms with Gasteiger partial charge in [0.25, 0.3) is 0 Å². The first-order valence-corrected chi connectivity index (χ1v) is 11.5. The van der Waals surface area contributed by atoms with Crippen LogP contribution in [0.5, 0.6) is 0 Å². The second-order valence-corrected chi connectivity index (χ2v) is 7.90. The lowest BCUT2D eigenvalue weighted by molar-refractivity contribution is -0.145. The lowest BCUT2D eigenvalue weighted by atomic mass is 9.98. The van der Waals surface area contributed by atoms with Crippen LogP contribution in [0.4, 0.5) is 4.79 Å². The molecule has 0 spiro atoms. The topological polar surface area (TPSA) is 73.9 Å². The van der Waals surface area contributed by atoms with Crippen molar-refractivity contribution in [1.29, 1.82) is 0 Å². The molecule has 0 aliphatic heterocycles. The third-order valence-corrected chi connectivity index (χ3v) is 5.58. The zero-order chi connectivity index (χ0) is 22.6. The summed E-state index contributed by atoms with van der Waals surface area (Å²) in [5, 5.41) is 2.70. The van der Waals surface area contributed by atoms with E-state index in [4.69, 9.17) is 14.2 Å². The van der Waals surface area contributed by atoms with E-state index in [0.29, 0.717) is 26.2 Å². The van der Waals surface area contributed by atoms with Crippen molar-refractivity contribution in [3.05, 3.63) is 59.7 Å². The predicted octanol–water partition coefficient (Wildman–Crippen LogP) is 5.06. The average Bonchev–Trinajstić information content (AvgIpc) is 3.13. The fourth-order valence-corrected chi connectivity index (χ4v) is 3.96. The van der Waals surface area contributed by atoms with Crippen LogP contribution in [0.1, 0.15) is 56.1 Å². The molecular weight excluding hydrogens is 406 g/mol. The molecule has 0 radical (unpaired) electrons. The molecule has 172 valence electrons. The molecule has 1 aliphatic carbocycles. The normalized spacial score (nSPS) is 12.2. The number of ether oxygens (including phenoxy) is 3. The van der Waals surface area contributed by atoms with Gasteiger partial charge in [0.15, 0.2) is 0 Å².